The number of nitrogens with zero attached hydrogens (tertiary/aromatic N) is 1. The number of halogens is 1. The topological polar surface area (TPSA) is 66.8 Å². The van der Waals surface area contributed by atoms with Crippen molar-refractivity contribution < 1.29 is 23.8 Å². The highest BCUT2D eigenvalue weighted by molar-refractivity contribution is 5.79. The molecule has 1 aromatic carbocycles. The zero-order chi connectivity index (χ0) is 14.5. The minimum atomic E-state index is -0.950. The molecule has 0 spiro atoms. The Kier molecular flexibility index (Phi) is 4.68. The summed E-state index contributed by atoms with van der Waals surface area (Å²) >= 11 is 0. The van der Waals surface area contributed by atoms with Crippen LogP contribution in [0.1, 0.15) is 12.0 Å². The number of morpholine rings is 1. The van der Waals surface area contributed by atoms with Crippen molar-refractivity contribution in [1.82, 2.24) is 4.90 Å². The van der Waals surface area contributed by atoms with E-state index in [1.54, 1.807) is 17.0 Å². The Balaban J connectivity index is 1.93. The average Bonchev–Trinajstić information content (AvgIpc) is 2.38. The van der Waals surface area contributed by atoms with E-state index in [1.165, 1.54) is 12.1 Å². The van der Waals surface area contributed by atoms with Gasteiger partial charge in [0.15, 0.2) is 0 Å². The molecule has 1 unspecified atom stereocenters. The minimum absolute atomic E-state index is 0.109. The SMILES string of the molecule is O=C(O)CC1CN(C(=O)Cc2cccc(F)c2)CCO1. The summed E-state index contributed by atoms with van der Waals surface area (Å²) < 4.78 is 18.4. The fraction of sp³-hybridized carbons (Fsp3) is 0.429. The molecular formula is C14H16FNO4. The van der Waals surface area contributed by atoms with Crippen molar-refractivity contribution in [3.8, 4) is 0 Å². The van der Waals surface area contributed by atoms with Gasteiger partial charge in [-0.05, 0) is 17.7 Å². The number of carbonyl (C=O) groups is 2. The molecule has 6 heteroatoms. The standard InChI is InChI=1S/C14H16FNO4/c15-11-3-1-2-10(6-11)7-13(17)16-4-5-20-12(9-16)8-14(18)19/h1-3,6,12H,4-5,7-9H2,(H,18,19). The molecule has 2 rings (SSSR count). The van der Waals surface area contributed by atoms with E-state index in [0.29, 0.717) is 18.7 Å². The molecule has 108 valence electrons. The molecule has 1 atom stereocenters. The summed E-state index contributed by atoms with van der Waals surface area (Å²) in [5, 5.41) is 8.73. The molecule has 20 heavy (non-hydrogen) atoms. The van der Waals surface area contributed by atoms with Gasteiger partial charge in [-0.3, -0.25) is 9.59 Å². The molecule has 0 bridgehead atoms. The Hall–Kier alpha value is -1.95. The van der Waals surface area contributed by atoms with E-state index in [4.69, 9.17) is 9.84 Å². The second-order valence-electron chi connectivity index (χ2n) is 4.74. The van der Waals surface area contributed by atoms with Crippen LogP contribution in [-0.2, 0) is 20.7 Å². The van der Waals surface area contributed by atoms with Crippen molar-refractivity contribution in [2.24, 2.45) is 0 Å². The molecule has 1 aromatic rings. The monoisotopic (exact) mass is 281 g/mol. The maximum atomic E-state index is 13.1. The normalized spacial score (nSPS) is 18.9. The molecule has 1 amide bonds. The van der Waals surface area contributed by atoms with Gasteiger partial charge < -0.3 is 14.7 Å². The maximum Gasteiger partial charge on any atom is 0.306 e. The Morgan fingerprint density at radius 3 is 2.95 bits per heavy atom. The maximum absolute atomic E-state index is 13.1. The number of benzene rings is 1. The minimum Gasteiger partial charge on any atom is -0.481 e. The largest absolute Gasteiger partial charge is 0.481 e. The number of hydrogen-bond donors (Lipinski definition) is 1. The fourth-order valence-corrected chi connectivity index (χ4v) is 2.20. The summed E-state index contributed by atoms with van der Waals surface area (Å²) in [6, 6.07) is 5.90. The van der Waals surface area contributed by atoms with Gasteiger partial charge in [0.2, 0.25) is 5.91 Å². The number of rotatable bonds is 4. The highest BCUT2D eigenvalue weighted by atomic mass is 19.1. The number of ether oxygens (including phenoxy) is 1. The van der Waals surface area contributed by atoms with Crippen molar-refractivity contribution in [2.45, 2.75) is 18.9 Å². The molecular weight excluding hydrogens is 265 g/mol. The van der Waals surface area contributed by atoms with Crippen molar-refractivity contribution in [3.63, 3.8) is 0 Å². The van der Waals surface area contributed by atoms with Gasteiger partial charge in [0.1, 0.15) is 5.82 Å². The van der Waals surface area contributed by atoms with E-state index in [2.05, 4.69) is 0 Å². The second-order valence-corrected chi connectivity index (χ2v) is 4.74. The van der Waals surface area contributed by atoms with Gasteiger partial charge in [0, 0.05) is 13.1 Å². The summed E-state index contributed by atoms with van der Waals surface area (Å²) in [4.78, 5) is 24.3. The molecule has 0 radical (unpaired) electrons. The molecule has 0 aliphatic carbocycles. The zero-order valence-electron chi connectivity index (χ0n) is 10.9. The number of carboxylic acids is 1. The molecule has 1 aliphatic rings. The fourth-order valence-electron chi connectivity index (χ4n) is 2.20. The van der Waals surface area contributed by atoms with Crippen molar-refractivity contribution in [1.29, 1.82) is 0 Å². The summed E-state index contributed by atoms with van der Waals surface area (Å²) in [5.41, 5.74) is 0.608. The number of carboxylic acid groups (broad SMARTS) is 1. The molecule has 1 heterocycles. The lowest BCUT2D eigenvalue weighted by Gasteiger charge is -2.32. The lowest BCUT2D eigenvalue weighted by Crippen LogP contribution is -2.46. The van der Waals surface area contributed by atoms with Gasteiger partial charge in [0.05, 0.1) is 25.6 Å². The van der Waals surface area contributed by atoms with E-state index in [-0.39, 0.29) is 31.1 Å². The third kappa shape index (κ3) is 4.03. The Morgan fingerprint density at radius 2 is 2.25 bits per heavy atom. The Bertz CT molecular complexity index is 506. The van der Waals surface area contributed by atoms with Gasteiger partial charge in [-0.2, -0.15) is 0 Å². The molecule has 0 aromatic heterocycles. The number of hydrogen-bond acceptors (Lipinski definition) is 3. The molecule has 1 fully saturated rings. The lowest BCUT2D eigenvalue weighted by molar-refractivity contribution is -0.147. The summed E-state index contributed by atoms with van der Waals surface area (Å²) in [6.45, 7) is 1.03. The first-order valence-corrected chi connectivity index (χ1v) is 6.40. The van der Waals surface area contributed by atoms with Gasteiger partial charge in [-0.15, -0.1) is 0 Å². The predicted molar refractivity (Wildman–Crippen MR) is 68.7 cm³/mol. The van der Waals surface area contributed by atoms with Gasteiger partial charge in [0.25, 0.3) is 0 Å². The van der Waals surface area contributed by atoms with Crippen LogP contribution in [0.15, 0.2) is 24.3 Å². The first-order chi connectivity index (χ1) is 9.54. The Labute approximate surface area is 116 Å². The van der Waals surface area contributed by atoms with E-state index < -0.39 is 12.1 Å². The van der Waals surface area contributed by atoms with Crippen LogP contribution in [0.3, 0.4) is 0 Å². The molecule has 1 N–H and O–H groups in total. The zero-order valence-corrected chi connectivity index (χ0v) is 10.9. The summed E-state index contributed by atoms with van der Waals surface area (Å²) in [6.07, 6.45) is -0.487. The average molecular weight is 281 g/mol. The van der Waals surface area contributed by atoms with Crippen molar-refractivity contribution in [2.75, 3.05) is 19.7 Å². The molecule has 5 nitrogen and oxygen atoms in total. The predicted octanol–water partition coefficient (Wildman–Crippen LogP) is 1.07. The van der Waals surface area contributed by atoms with Crippen molar-refractivity contribution in [3.05, 3.63) is 35.6 Å². The highest BCUT2D eigenvalue weighted by Crippen LogP contribution is 2.12. The van der Waals surface area contributed by atoms with Gasteiger partial charge in [-0.25, -0.2) is 4.39 Å². The van der Waals surface area contributed by atoms with Crippen LogP contribution in [0.25, 0.3) is 0 Å². The van der Waals surface area contributed by atoms with Crippen LogP contribution in [0.2, 0.25) is 0 Å². The lowest BCUT2D eigenvalue weighted by atomic mass is 10.1. The van der Waals surface area contributed by atoms with Crippen LogP contribution in [0.5, 0.6) is 0 Å². The first-order valence-electron chi connectivity index (χ1n) is 6.40. The van der Waals surface area contributed by atoms with Crippen LogP contribution in [0, 0.1) is 5.82 Å². The smallest absolute Gasteiger partial charge is 0.306 e. The third-order valence-electron chi connectivity index (χ3n) is 3.14. The molecule has 1 aliphatic heterocycles. The second kappa shape index (κ2) is 6.47. The first kappa shape index (κ1) is 14.5. The Morgan fingerprint density at radius 1 is 1.45 bits per heavy atom. The van der Waals surface area contributed by atoms with Gasteiger partial charge in [-0.1, -0.05) is 12.1 Å². The quantitative estimate of drug-likeness (QED) is 0.896. The highest BCUT2D eigenvalue weighted by Gasteiger charge is 2.25. The summed E-state index contributed by atoms with van der Waals surface area (Å²) in [5.74, 6) is -1.47. The van der Waals surface area contributed by atoms with Crippen LogP contribution < -0.4 is 0 Å². The van der Waals surface area contributed by atoms with E-state index in [0.717, 1.165) is 0 Å². The van der Waals surface area contributed by atoms with E-state index >= 15 is 0 Å². The number of aliphatic carboxylic acids is 1. The molecule has 1 saturated heterocycles. The van der Waals surface area contributed by atoms with Crippen LogP contribution in [-0.4, -0.2) is 47.7 Å². The van der Waals surface area contributed by atoms with Crippen LogP contribution in [0.4, 0.5) is 4.39 Å². The van der Waals surface area contributed by atoms with Crippen molar-refractivity contribution >= 4 is 11.9 Å². The number of amides is 1. The van der Waals surface area contributed by atoms with Gasteiger partial charge >= 0.3 is 5.97 Å². The van der Waals surface area contributed by atoms with E-state index in [9.17, 15) is 14.0 Å². The molecule has 0 saturated carbocycles. The van der Waals surface area contributed by atoms with Crippen LogP contribution >= 0.6 is 0 Å². The summed E-state index contributed by atoms with van der Waals surface area (Å²) in [7, 11) is 0. The van der Waals surface area contributed by atoms with E-state index in [1.807, 2.05) is 0 Å². The number of carbonyl (C=O) groups excluding carboxylic acids is 1. The third-order valence-corrected chi connectivity index (χ3v) is 3.14.